The first-order valence-corrected chi connectivity index (χ1v) is 7.19. The maximum atomic E-state index is 5.95. The first kappa shape index (κ1) is 12.1. The van der Waals surface area contributed by atoms with Crippen LogP contribution in [0.15, 0.2) is 17.5 Å². The van der Waals surface area contributed by atoms with E-state index in [0.717, 1.165) is 25.6 Å². The molecule has 0 bridgehead atoms. The predicted octanol–water partition coefficient (Wildman–Crippen LogP) is 2.70. The first-order chi connectivity index (χ1) is 7.85. The highest BCUT2D eigenvalue weighted by Gasteiger charge is 2.30. The second-order valence-electron chi connectivity index (χ2n) is 4.64. The molecule has 0 amide bonds. The Hall–Kier alpha value is -0.380. The fourth-order valence-electron chi connectivity index (χ4n) is 2.53. The van der Waals surface area contributed by atoms with Gasteiger partial charge >= 0.3 is 0 Å². The van der Waals surface area contributed by atoms with Crippen molar-refractivity contribution < 1.29 is 0 Å². The van der Waals surface area contributed by atoms with Gasteiger partial charge in [-0.3, -0.25) is 4.90 Å². The molecular formula is C13H22N2S. The van der Waals surface area contributed by atoms with Crippen molar-refractivity contribution in [3.05, 3.63) is 22.4 Å². The van der Waals surface area contributed by atoms with Crippen molar-refractivity contribution in [1.29, 1.82) is 0 Å². The van der Waals surface area contributed by atoms with Gasteiger partial charge in [-0.1, -0.05) is 19.4 Å². The van der Waals surface area contributed by atoms with Crippen LogP contribution in [0.5, 0.6) is 0 Å². The van der Waals surface area contributed by atoms with Gasteiger partial charge in [0.25, 0.3) is 0 Å². The Morgan fingerprint density at radius 1 is 1.56 bits per heavy atom. The van der Waals surface area contributed by atoms with Crippen LogP contribution in [0.3, 0.4) is 0 Å². The summed E-state index contributed by atoms with van der Waals surface area (Å²) in [5, 5.41) is 2.16. The molecule has 1 fully saturated rings. The van der Waals surface area contributed by atoms with Gasteiger partial charge in [0.05, 0.1) is 0 Å². The van der Waals surface area contributed by atoms with Crippen LogP contribution in [0, 0.1) is 5.92 Å². The molecule has 1 saturated carbocycles. The van der Waals surface area contributed by atoms with Crippen molar-refractivity contribution in [3.8, 4) is 0 Å². The molecular weight excluding hydrogens is 216 g/mol. The molecule has 1 aliphatic rings. The number of hydrogen-bond acceptors (Lipinski definition) is 3. The van der Waals surface area contributed by atoms with Gasteiger partial charge in [0, 0.05) is 24.0 Å². The highest BCUT2D eigenvalue weighted by atomic mass is 32.1. The van der Waals surface area contributed by atoms with Crippen LogP contribution in [0.2, 0.25) is 0 Å². The van der Waals surface area contributed by atoms with Gasteiger partial charge in [-0.05, 0) is 36.8 Å². The van der Waals surface area contributed by atoms with E-state index in [2.05, 4.69) is 29.3 Å². The van der Waals surface area contributed by atoms with E-state index >= 15 is 0 Å². The molecule has 2 N–H and O–H groups in total. The van der Waals surface area contributed by atoms with Gasteiger partial charge in [0.1, 0.15) is 0 Å². The van der Waals surface area contributed by atoms with Crippen molar-refractivity contribution in [3.63, 3.8) is 0 Å². The summed E-state index contributed by atoms with van der Waals surface area (Å²) in [5.74, 6) is 0.852. The lowest BCUT2D eigenvalue weighted by Gasteiger charge is -2.40. The van der Waals surface area contributed by atoms with E-state index in [-0.39, 0.29) is 0 Å². The van der Waals surface area contributed by atoms with E-state index in [1.807, 2.05) is 11.3 Å². The molecule has 1 aliphatic carbocycles. The van der Waals surface area contributed by atoms with Crippen LogP contribution in [0.25, 0.3) is 0 Å². The summed E-state index contributed by atoms with van der Waals surface area (Å²) in [4.78, 5) is 4.01. The average molecular weight is 238 g/mol. The van der Waals surface area contributed by atoms with E-state index in [1.54, 1.807) is 0 Å². The average Bonchev–Trinajstić information content (AvgIpc) is 2.72. The third kappa shape index (κ3) is 2.65. The lowest BCUT2D eigenvalue weighted by atomic mass is 9.79. The predicted molar refractivity (Wildman–Crippen MR) is 70.6 cm³/mol. The topological polar surface area (TPSA) is 29.3 Å². The molecule has 0 spiro atoms. The summed E-state index contributed by atoms with van der Waals surface area (Å²) in [7, 11) is 0. The van der Waals surface area contributed by atoms with Crippen molar-refractivity contribution in [2.24, 2.45) is 11.7 Å². The van der Waals surface area contributed by atoms with Crippen molar-refractivity contribution in [2.45, 2.75) is 38.8 Å². The zero-order valence-electron chi connectivity index (χ0n) is 10.1. The van der Waals surface area contributed by atoms with Crippen LogP contribution >= 0.6 is 11.3 Å². The molecule has 3 heteroatoms. The van der Waals surface area contributed by atoms with Crippen LogP contribution in [0.4, 0.5) is 0 Å². The van der Waals surface area contributed by atoms with Gasteiger partial charge in [0.15, 0.2) is 0 Å². The van der Waals surface area contributed by atoms with Crippen LogP contribution in [-0.4, -0.2) is 24.0 Å². The Morgan fingerprint density at radius 3 is 2.81 bits per heavy atom. The number of likely N-dealkylation sites (N-methyl/N-ethyl adjacent to an activating group) is 1. The number of nitrogens with two attached hydrogens (primary N) is 1. The van der Waals surface area contributed by atoms with E-state index in [9.17, 15) is 0 Å². The molecule has 0 radical (unpaired) electrons. The molecule has 0 aromatic carbocycles. The Bertz CT molecular complexity index is 293. The molecule has 1 atom stereocenters. The second-order valence-corrected chi connectivity index (χ2v) is 5.67. The molecule has 16 heavy (non-hydrogen) atoms. The molecule has 2 nitrogen and oxygen atoms in total. The fraction of sp³-hybridized carbons (Fsp3) is 0.692. The summed E-state index contributed by atoms with van der Waals surface area (Å²) in [6, 6.07) is 4.96. The molecule has 90 valence electrons. The summed E-state index contributed by atoms with van der Waals surface area (Å²) < 4.78 is 0. The van der Waals surface area contributed by atoms with Gasteiger partial charge in [-0.15, -0.1) is 11.3 Å². The monoisotopic (exact) mass is 238 g/mol. The minimum Gasteiger partial charge on any atom is -0.329 e. The zero-order valence-corrected chi connectivity index (χ0v) is 10.9. The third-order valence-corrected chi connectivity index (χ3v) is 4.61. The normalized spacial score (nSPS) is 18.7. The Morgan fingerprint density at radius 2 is 2.38 bits per heavy atom. The third-order valence-electron chi connectivity index (χ3n) is 3.75. The van der Waals surface area contributed by atoms with Gasteiger partial charge < -0.3 is 5.73 Å². The first-order valence-electron chi connectivity index (χ1n) is 6.31. The van der Waals surface area contributed by atoms with Crippen molar-refractivity contribution in [2.75, 3.05) is 13.1 Å². The molecule has 1 aromatic rings. The highest BCUT2D eigenvalue weighted by Crippen LogP contribution is 2.32. The number of rotatable bonds is 6. The maximum absolute atomic E-state index is 5.95. The molecule has 1 heterocycles. The summed E-state index contributed by atoms with van der Waals surface area (Å²) >= 11 is 1.85. The van der Waals surface area contributed by atoms with Crippen molar-refractivity contribution >= 4 is 11.3 Å². The molecule has 0 aliphatic heterocycles. The standard InChI is InChI=1S/C13H22N2S/c1-2-15(10-12-7-4-8-16-12)13(9-14)11-5-3-6-11/h4,7-8,11,13H,2-3,5-6,9-10,14H2,1H3. The summed E-state index contributed by atoms with van der Waals surface area (Å²) in [6.45, 7) is 5.24. The van der Waals surface area contributed by atoms with Gasteiger partial charge in [0.2, 0.25) is 0 Å². The molecule has 2 rings (SSSR count). The quantitative estimate of drug-likeness (QED) is 0.825. The number of nitrogens with zero attached hydrogens (tertiary/aromatic N) is 1. The Balaban J connectivity index is 1.96. The van der Waals surface area contributed by atoms with E-state index in [0.29, 0.717) is 6.04 Å². The molecule has 1 unspecified atom stereocenters. The molecule has 1 aromatic heterocycles. The number of thiophene rings is 1. The van der Waals surface area contributed by atoms with E-state index in [4.69, 9.17) is 5.73 Å². The molecule has 0 saturated heterocycles. The maximum Gasteiger partial charge on any atom is 0.0331 e. The summed E-state index contributed by atoms with van der Waals surface area (Å²) in [5.41, 5.74) is 5.95. The van der Waals surface area contributed by atoms with Gasteiger partial charge in [-0.2, -0.15) is 0 Å². The second kappa shape index (κ2) is 5.80. The SMILES string of the molecule is CCN(Cc1cccs1)C(CN)C1CCC1. The Kier molecular flexibility index (Phi) is 4.38. The van der Waals surface area contributed by atoms with Crippen molar-refractivity contribution in [1.82, 2.24) is 4.90 Å². The lowest BCUT2D eigenvalue weighted by Crippen LogP contribution is -2.47. The number of hydrogen-bond donors (Lipinski definition) is 1. The zero-order chi connectivity index (χ0) is 11.4. The van der Waals surface area contributed by atoms with E-state index in [1.165, 1.54) is 24.1 Å². The van der Waals surface area contributed by atoms with Crippen LogP contribution in [-0.2, 0) is 6.54 Å². The van der Waals surface area contributed by atoms with Gasteiger partial charge in [-0.25, -0.2) is 0 Å². The van der Waals surface area contributed by atoms with Crippen LogP contribution in [0.1, 0.15) is 31.1 Å². The lowest BCUT2D eigenvalue weighted by molar-refractivity contribution is 0.0999. The Labute approximate surface area is 102 Å². The highest BCUT2D eigenvalue weighted by molar-refractivity contribution is 7.09. The fourth-order valence-corrected chi connectivity index (χ4v) is 3.26. The minimum atomic E-state index is 0.598. The largest absolute Gasteiger partial charge is 0.329 e. The van der Waals surface area contributed by atoms with Crippen LogP contribution < -0.4 is 5.73 Å². The minimum absolute atomic E-state index is 0.598. The smallest absolute Gasteiger partial charge is 0.0331 e. The summed E-state index contributed by atoms with van der Waals surface area (Å²) in [6.07, 6.45) is 4.16. The van der Waals surface area contributed by atoms with E-state index < -0.39 is 0 Å².